The van der Waals surface area contributed by atoms with Crippen molar-refractivity contribution < 1.29 is 4.74 Å². The summed E-state index contributed by atoms with van der Waals surface area (Å²) in [7, 11) is 1.85. The number of hydrogen-bond acceptors (Lipinski definition) is 2. The van der Waals surface area contributed by atoms with Gasteiger partial charge in [0.05, 0.1) is 5.60 Å². The van der Waals surface area contributed by atoms with Crippen LogP contribution in [0.1, 0.15) is 24.8 Å². The molecule has 1 aromatic rings. The number of ether oxygens (including phenoxy) is 1. The number of hydrogen-bond donors (Lipinski definition) is 1. The Balaban J connectivity index is 1.79. The van der Waals surface area contributed by atoms with Crippen LogP contribution < -0.4 is 5.32 Å². The second kappa shape index (κ2) is 3.57. The van der Waals surface area contributed by atoms with Gasteiger partial charge in [0.1, 0.15) is 0 Å². The summed E-state index contributed by atoms with van der Waals surface area (Å²) in [5.41, 5.74) is 2.02. The third-order valence-corrected chi connectivity index (χ3v) is 4.23. The molecule has 0 bridgehead atoms. The minimum Gasteiger partial charge on any atom is -0.376 e. The van der Waals surface area contributed by atoms with Crippen molar-refractivity contribution in [1.29, 1.82) is 0 Å². The Morgan fingerprint density at radius 2 is 1.88 bits per heavy atom. The lowest BCUT2D eigenvalue weighted by atomic mass is 9.80. The minimum atomic E-state index is 0.104. The molecular formula is C14H19NO. The quantitative estimate of drug-likeness (QED) is 0.834. The average Bonchev–Trinajstić information content (AvgIpc) is 3.06. The molecule has 16 heavy (non-hydrogen) atoms. The molecular weight excluding hydrogens is 198 g/mol. The molecule has 0 atom stereocenters. The van der Waals surface area contributed by atoms with Crippen LogP contribution in [0.3, 0.4) is 0 Å². The van der Waals surface area contributed by atoms with Crippen LogP contribution in [0.15, 0.2) is 30.3 Å². The number of benzene rings is 1. The highest BCUT2D eigenvalue weighted by Crippen LogP contribution is 2.54. The third kappa shape index (κ3) is 1.57. The van der Waals surface area contributed by atoms with Crippen LogP contribution in [-0.2, 0) is 10.2 Å². The van der Waals surface area contributed by atoms with Crippen LogP contribution in [0.25, 0.3) is 0 Å². The molecule has 1 aliphatic carbocycles. The van der Waals surface area contributed by atoms with Crippen molar-refractivity contribution in [2.75, 3.05) is 20.2 Å². The van der Waals surface area contributed by atoms with Crippen molar-refractivity contribution in [3.63, 3.8) is 0 Å². The van der Waals surface area contributed by atoms with E-state index >= 15 is 0 Å². The average molecular weight is 217 g/mol. The first-order valence-electron chi connectivity index (χ1n) is 6.10. The van der Waals surface area contributed by atoms with E-state index in [2.05, 4.69) is 35.6 Å². The molecule has 1 heterocycles. The number of nitrogens with one attached hydrogen (secondary N) is 1. The van der Waals surface area contributed by atoms with E-state index < -0.39 is 0 Å². The number of rotatable bonds is 4. The van der Waals surface area contributed by atoms with Crippen molar-refractivity contribution in [2.45, 2.75) is 30.3 Å². The van der Waals surface area contributed by atoms with E-state index in [9.17, 15) is 0 Å². The summed E-state index contributed by atoms with van der Waals surface area (Å²) in [6.45, 7) is 2.02. The Bertz CT molecular complexity index is 360. The SMILES string of the molecule is COC1(CC2(c3ccccc3)CC2)CNC1. The molecule has 2 aliphatic rings. The molecule has 1 aromatic carbocycles. The molecule has 2 nitrogen and oxygen atoms in total. The van der Waals surface area contributed by atoms with Gasteiger partial charge in [0.15, 0.2) is 0 Å². The van der Waals surface area contributed by atoms with E-state index in [-0.39, 0.29) is 5.60 Å². The molecule has 0 radical (unpaired) electrons. The lowest BCUT2D eigenvalue weighted by Crippen LogP contribution is -2.61. The van der Waals surface area contributed by atoms with Gasteiger partial charge < -0.3 is 10.1 Å². The number of methoxy groups -OCH3 is 1. The van der Waals surface area contributed by atoms with Gasteiger partial charge in [-0.25, -0.2) is 0 Å². The van der Waals surface area contributed by atoms with E-state index in [0.29, 0.717) is 5.41 Å². The van der Waals surface area contributed by atoms with Crippen LogP contribution in [0.5, 0.6) is 0 Å². The van der Waals surface area contributed by atoms with Crippen LogP contribution >= 0.6 is 0 Å². The predicted octanol–water partition coefficient (Wildman–Crippen LogP) is 2.10. The first kappa shape index (κ1) is 10.3. The third-order valence-electron chi connectivity index (χ3n) is 4.23. The Kier molecular flexibility index (Phi) is 2.30. The Morgan fingerprint density at radius 1 is 1.19 bits per heavy atom. The maximum Gasteiger partial charge on any atom is 0.0934 e. The van der Waals surface area contributed by atoms with Gasteiger partial charge in [-0.2, -0.15) is 0 Å². The second-order valence-corrected chi connectivity index (χ2v) is 5.31. The van der Waals surface area contributed by atoms with Gasteiger partial charge in [-0.15, -0.1) is 0 Å². The molecule has 0 spiro atoms. The van der Waals surface area contributed by atoms with Crippen LogP contribution in [0.4, 0.5) is 0 Å². The maximum atomic E-state index is 5.71. The smallest absolute Gasteiger partial charge is 0.0934 e. The summed E-state index contributed by atoms with van der Waals surface area (Å²) in [5, 5.41) is 3.33. The lowest BCUT2D eigenvalue weighted by Gasteiger charge is -2.43. The Morgan fingerprint density at radius 3 is 2.31 bits per heavy atom. The van der Waals surface area contributed by atoms with Gasteiger partial charge in [-0.3, -0.25) is 0 Å². The van der Waals surface area contributed by atoms with Crippen molar-refractivity contribution in [3.05, 3.63) is 35.9 Å². The molecule has 86 valence electrons. The molecule has 1 saturated carbocycles. The van der Waals surface area contributed by atoms with Gasteiger partial charge >= 0.3 is 0 Å². The van der Waals surface area contributed by atoms with Gasteiger partial charge in [0, 0.05) is 20.2 Å². The Hall–Kier alpha value is -0.860. The highest BCUT2D eigenvalue weighted by molar-refractivity contribution is 5.32. The summed E-state index contributed by atoms with van der Waals surface area (Å²) in [6.07, 6.45) is 3.82. The molecule has 3 rings (SSSR count). The fourth-order valence-electron chi connectivity index (χ4n) is 2.87. The fraction of sp³-hybridized carbons (Fsp3) is 0.571. The monoisotopic (exact) mass is 217 g/mol. The lowest BCUT2D eigenvalue weighted by molar-refractivity contribution is -0.0639. The molecule has 1 N–H and O–H groups in total. The molecule has 0 amide bonds. The van der Waals surface area contributed by atoms with Crippen LogP contribution in [0, 0.1) is 0 Å². The topological polar surface area (TPSA) is 21.3 Å². The second-order valence-electron chi connectivity index (χ2n) is 5.31. The first-order chi connectivity index (χ1) is 7.79. The summed E-state index contributed by atoms with van der Waals surface area (Å²) < 4.78 is 5.71. The highest BCUT2D eigenvalue weighted by atomic mass is 16.5. The molecule has 2 fully saturated rings. The molecule has 2 heteroatoms. The van der Waals surface area contributed by atoms with E-state index in [1.165, 1.54) is 24.8 Å². The van der Waals surface area contributed by atoms with Gasteiger partial charge in [-0.05, 0) is 30.2 Å². The summed E-state index contributed by atoms with van der Waals surface area (Å²) in [4.78, 5) is 0. The summed E-state index contributed by atoms with van der Waals surface area (Å²) in [6, 6.07) is 10.9. The van der Waals surface area contributed by atoms with Gasteiger partial charge in [-0.1, -0.05) is 30.3 Å². The van der Waals surface area contributed by atoms with Crippen molar-refractivity contribution in [1.82, 2.24) is 5.32 Å². The largest absolute Gasteiger partial charge is 0.376 e. The minimum absolute atomic E-state index is 0.104. The summed E-state index contributed by atoms with van der Waals surface area (Å²) >= 11 is 0. The van der Waals surface area contributed by atoms with Crippen molar-refractivity contribution >= 4 is 0 Å². The molecule has 1 saturated heterocycles. The zero-order valence-electron chi connectivity index (χ0n) is 9.83. The molecule has 1 aliphatic heterocycles. The van der Waals surface area contributed by atoms with Gasteiger partial charge in [0.25, 0.3) is 0 Å². The van der Waals surface area contributed by atoms with Crippen LogP contribution in [0.2, 0.25) is 0 Å². The highest BCUT2D eigenvalue weighted by Gasteiger charge is 2.52. The predicted molar refractivity (Wildman–Crippen MR) is 64.6 cm³/mol. The zero-order valence-corrected chi connectivity index (χ0v) is 9.83. The summed E-state index contributed by atoms with van der Waals surface area (Å²) in [5.74, 6) is 0. The zero-order chi connectivity index (χ0) is 11.1. The first-order valence-corrected chi connectivity index (χ1v) is 6.10. The van der Waals surface area contributed by atoms with E-state index in [1.54, 1.807) is 0 Å². The normalized spacial score (nSPS) is 24.8. The van der Waals surface area contributed by atoms with Crippen LogP contribution in [-0.4, -0.2) is 25.8 Å². The van der Waals surface area contributed by atoms with Gasteiger partial charge in [0.2, 0.25) is 0 Å². The Labute approximate surface area is 97.0 Å². The standard InChI is InChI=1S/C14H19NO/c1-16-14(10-15-11-14)9-13(7-8-13)12-5-3-2-4-6-12/h2-6,15H,7-11H2,1H3. The van der Waals surface area contributed by atoms with E-state index in [4.69, 9.17) is 4.74 Å². The van der Waals surface area contributed by atoms with E-state index in [0.717, 1.165) is 13.1 Å². The van der Waals surface area contributed by atoms with Crippen molar-refractivity contribution in [2.24, 2.45) is 0 Å². The molecule has 0 aromatic heterocycles. The maximum absolute atomic E-state index is 5.71. The van der Waals surface area contributed by atoms with E-state index in [1.807, 2.05) is 7.11 Å². The van der Waals surface area contributed by atoms with Crippen molar-refractivity contribution in [3.8, 4) is 0 Å². The fourth-order valence-corrected chi connectivity index (χ4v) is 2.87. The molecule has 0 unspecified atom stereocenters.